The van der Waals surface area contributed by atoms with Crippen LogP contribution in [0.3, 0.4) is 0 Å². The van der Waals surface area contributed by atoms with Gasteiger partial charge in [0.05, 0.1) is 0 Å². The number of anilines is 1. The lowest BCUT2D eigenvalue weighted by atomic mass is 10.1. The molecule has 0 bridgehead atoms. The van der Waals surface area contributed by atoms with Crippen LogP contribution in [0.25, 0.3) is 10.8 Å². The molecule has 0 aromatic heterocycles. The number of rotatable bonds is 4. The zero-order valence-corrected chi connectivity index (χ0v) is 12.0. The Balaban J connectivity index is 1.70. The van der Waals surface area contributed by atoms with Gasteiger partial charge in [-0.05, 0) is 53.9 Å². The highest BCUT2D eigenvalue weighted by Gasteiger charge is 2.04. The summed E-state index contributed by atoms with van der Waals surface area (Å²) >= 11 is 0. The monoisotopic (exact) mass is 279 g/mol. The fraction of sp³-hybridized carbons (Fsp3) is 0.158. The van der Waals surface area contributed by atoms with Crippen molar-refractivity contribution in [2.45, 2.75) is 19.4 Å². The molecule has 0 aliphatic heterocycles. The molecule has 106 valence electrons. The van der Waals surface area contributed by atoms with Crippen LogP contribution in [0.15, 0.2) is 66.7 Å². The molecule has 1 nitrogen and oxygen atoms in total. The van der Waals surface area contributed by atoms with Gasteiger partial charge in [-0.3, -0.25) is 0 Å². The Morgan fingerprint density at radius 1 is 0.905 bits per heavy atom. The Bertz CT molecular complexity index is 734. The molecule has 3 rings (SSSR count). The van der Waals surface area contributed by atoms with Gasteiger partial charge in [-0.25, -0.2) is 4.39 Å². The topological polar surface area (TPSA) is 12.0 Å². The summed E-state index contributed by atoms with van der Waals surface area (Å²) < 4.78 is 12.9. The van der Waals surface area contributed by atoms with Crippen LogP contribution in [0.5, 0.6) is 0 Å². The molecular weight excluding hydrogens is 261 g/mol. The summed E-state index contributed by atoms with van der Waals surface area (Å²) in [6, 6.07) is 21.7. The van der Waals surface area contributed by atoms with E-state index >= 15 is 0 Å². The molecule has 0 saturated heterocycles. The van der Waals surface area contributed by atoms with Gasteiger partial charge in [0.2, 0.25) is 0 Å². The standard InChI is InChI=1S/C19H18FN/c1-14(12-15-6-9-18(20)10-7-15)21-19-11-8-16-4-2-3-5-17(16)13-19/h2-11,13-14,21H,12H2,1H3. The maximum Gasteiger partial charge on any atom is 0.123 e. The number of fused-ring (bicyclic) bond motifs is 1. The number of hydrogen-bond acceptors (Lipinski definition) is 1. The van der Waals surface area contributed by atoms with Gasteiger partial charge in [-0.1, -0.05) is 42.5 Å². The van der Waals surface area contributed by atoms with Crippen molar-refractivity contribution in [1.82, 2.24) is 0 Å². The number of halogens is 1. The molecule has 0 aliphatic rings. The second kappa shape index (κ2) is 5.96. The lowest BCUT2D eigenvalue weighted by Gasteiger charge is -2.16. The first-order chi connectivity index (χ1) is 10.2. The van der Waals surface area contributed by atoms with Gasteiger partial charge < -0.3 is 5.32 Å². The summed E-state index contributed by atoms with van der Waals surface area (Å²) in [5.41, 5.74) is 2.25. The Morgan fingerprint density at radius 3 is 2.38 bits per heavy atom. The Labute approximate surface area is 124 Å². The Morgan fingerprint density at radius 2 is 1.62 bits per heavy atom. The van der Waals surface area contributed by atoms with Crippen LogP contribution in [0.2, 0.25) is 0 Å². The molecular formula is C19H18FN. The summed E-state index contributed by atoms with van der Waals surface area (Å²) in [6.45, 7) is 2.14. The van der Waals surface area contributed by atoms with E-state index < -0.39 is 0 Å². The first-order valence-electron chi connectivity index (χ1n) is 7.20. The van der Waals surface area contributed by atoms with Crippen molar-refractivity contribution in [2.75, 3.05) is 5.32 Å². The van der Waals surface area contributed by atoms with E-state index in [9.17, 15) is 4.39 Å². The van der Waals surface area contributed by atoms with Crippen molar-refractivity contribution in [3.05, 3.63) is 78.1 Å². The first-order valence-corrected chi connectivity index (χ1v) is 7.20. The van der Waals surface area contributed by atoms with Crippen molar-refractivity contribution in [3.63, 3.8) is 0 Å². The van der Waals surface area contributed by atoms with E-state index in [-0.39, 0.29) is 11.9 Å². The van der Waals surface area contributed by atoms with Crippen LogP contribution < -0.4 is 5.32 Å². The molecule has 0 heterocycles. The van der Waals surface area contributed by atoms with Crippen LogP contribution in [0.4, 0.5) is 10.1 Å². The van der Waals surface area contributed by atoms with Crippen molar-refractivity contribution >= 4 is 16.5 Å². The maximum atomic E-state index is 12.9. The first kappa shape index (κ1) is 13.6. The second-order valence-electron chi connectivity index (χ2n) is 5.44. The molecule has 3 aromatic carbocycles. The van der Waals surface area contributed by atoms with Crippen LogP contribution in [0.1, 0.15) is 12.5 Å². The quantitative estimate of drug-likeness (QED) is 0.707. The molecule has 0 fully saturated rings. The molecule has 0 spiro atoms. The highest BCUT2D eigenvalue weighted by molar-refractivity contribution is 5.85. The summed E-state index contributed by atoms with van der Waals surface area (Å²) in [4.78, 5) is 0. The molecule has 0 amide bonds. The normalized spacial score (nSPS) is 12.3. The number of nitrogens with one attached hydrogen (secondary N) is 1. The molecule has 21 heavy (non-hydrogen) atoms. The van der Waals surface area contributed by atoms with Crippen LogP contribution in [-0.4, -0.2) is 6.04 Å². The highest BCUT2D eigenvalue weighted by atomic mass is 19.1. The van der Waals surface area contributed by atoms with Gasteiger partial charge in [0.15, 0.2) is 0 Å². The summed E-state index contributed by atoms with van der Waals surface area (Å²) in [6.07, 6.45) is 0.868. The molecule has 0 aliphatic carbocycles. The van der Waals surface area contributed by atoms with Crippen molar-refractivity contribution < 1.29 is 4.39 Å². The third kappa shape index (κ3) is 3.40. The van der Waals surface area contributed by atoms with E-state index in [0.29, 0.717) is 0 Å². The van der Waals surface area contributed by atoms with Gasteiger partial charge >= 0.3 is 0 Å². The lowest BCUT2D eigenvalue weighted by molar-refractivity contribution is 0.626. The van der Waals surface area contributed by atoms with Crippen molar-refractivity contribution in [3.8, 4) is 0 Å². The fourth-order valence-corrected chi connectivity index (χ4v) is 2.59. The fourth-order valence-electron chi connectivity index (χ4n) is 2.59. The minimum atomic E-state index is -0.186. The summed E-state index contributed by atoms with van der Waals surface area (Å²) in [7, 11) is 0. The van der Waals surface area contributed by atoms with E-state index in [4.69, 9.17) is 0 Å². The van der Waals surface area contributed by atoms with Gasteiger partial charge in [-0.15, -0.1) is 0 Å². The third-order valence-electron chi connectivity index (χ3n) is 3.62. The minimum absolute atomic E-state index is 0.186. The Hall–Kier alpha value is -2.35. The van der Waals surface area contributed by atoms with Crippen LogP contribution in [-0.2, 0) is 6.42 Å². The average Bonchev–Trinajstić information content (AvgIpc) is 2.49. The average molecular weight is 279 g/mol. The predicted molar refractivity (Wildman–Crippen MR) is 87.1 cm³/mol. The molecule has 0 radical (unpaired) electrons. The van der Waals surface area contributed by atoms with Gasteiger partial charge in [0, 0.05) is 11.7 Å². The zero-order valence-electron chi connectivity index (χ0n) is 12.0. The van der Waals surface area contributed by atoms with Crippen LogP contribution in [0, 0.1) is 5.82 Å². The highest BCUT2D eigenvalue weighted by Crippen LogP contribution is 2.20. The van der Waals surface area contributed by atoms with E-state index in [0.717, 1.165) is 17.7 Å². The molecule has 2 heteroatoms. The number of benzene rings is 3. The van der Waals surface area contributed by atoms with Gasteiger partial charge in [0.1, 0.15) is 5.82 Å². The second-order valence-corrected chi connectivity index (χ2v) is 5.44. The Kier molecular flexibility index (Phi) is 3.87. The molecule has 1 unspecified atom stereocenters. The summed E-state index contributed by atoms with van der Waals surface area (Å²) in [5.74, 6) is -0.186. The van der Waals surface area contributed by atoms with Gasteiger partial charge in [0.25, 0.3) is 0 Å². The smallest absolute Gasteiger partial charge is 0.123 e. The largest absolute Gasteiger partial charge is 0.382 e. The molecule has 1 atom stereocenters. The van der Waals surface area contributed by atoms with Gasteiger partial charge in [-0.2, -0.15) is 0 Å². The van der Waals surface area contributed by atoms with E-state index in [1.54, 1.807) is 0 Å². The van der Waals surface area contributed by atoms with E-state index in [1.807, 2.05) is 24.3 Å². The SMILES string of the molecule is CC(Cc1ccc(F)cc1)Nc1ccc2ccccc2c1. The third-order valence-corrected chi connectivity index (χ3v) is 3.62. The molecule has 1 N–H and O–H groups in total. The summed E-state index contributed by atoms with van der Waals surface area (Å²) in [5, 5.41) is 5.98. The lowest BCUT2D eigenvalue weighted by Crippen LogP contribution is -2.17. The molecule has 3 aromatic rings. The van der Waals surface area contributed by atoms with E-state index in [2.05, 4.69) is 42.6 Å². The minimum Gasteiger partial charge on any atom is -0.382 e. The number of hydrogen-bond donors (Lipinski definition) is 1. The maximum absolute atomic E-state index is 12.9. The zero-order chi connectivity index (χ0) is 14.7. The molecule has 0 saturated carbocycles. The van der Waals surface area contributed by atoms with Crippen molar-refractivity contribution in [2.24, 2.45) is 0 Å². The predicted octanol–water partition coefficient (Wildman–Crippen LogP) is 5.02. The van der Waals surface area contributed by atoms with Crippen LogP contribution >= 0.6 is 0 Å². The van der Waals surface area contributed by atoms with Crippen molar-refractivity contribution in [1.29, 1.82) is 0 Å². The van der Waals surface area contributed by atoms with E-state index in [1.165, 1.54) is 22.9 Å².